The molecule has 0 saturated carbocycles. The van der Waals surface area contributed by atoms with Crippen molar-refractivity contribution in [3.63, 3.8) is 0 Å². The van der Waals surface area contributed by atoms with Gasteiger partial charge in [-0.05, 0) is 41.7 Å². The van der Waals surface area contributed by atoms with Gasteiger partial charge in [-0.25, -0.2) is 0 Å². The highest BCUT2D eigenvalue weighted by Crippen LogP contribution is 2.43. The van der Waals surface area contributed by atoms with Crippen molar-refractivity contribution in [2.24, 2.45) is 5.92 Å². The quantitative estimate of drug-likeness (QED) is 0.861. The van der Waals surface area contributed by atoms with Crippen molar-refractivity contribution >= 4 is 5.97 Å². The zero-order valence-electron chi connectivity index (χ0n) is 10.5. The van der Waals surface area contributed by atoms with Crippen molar-refractivity contribution in [1.29, 1.82) is 0 Å². The third kappa shape index (κ3) is 2.51. The first-order valence-electron chi connectivity index (χ1n) is 6.40. The first-order chi connectivity index (χ1) is 8.09. The van der Waals surface area contributed by atoms with Gasteiger partial charge < -0.3 is 5.11 Å². The van der Waals surface area contributed by atoms with Crippen molar-refractivity contribution in [1.82, 2.24) is 0 Å². The molecule has 17 heavy (non-hydrogen) atoms. The molecular formula is C15H20O2. The Morgan fingerprint density at radius 1 is 1.29 bits per heavy atom. The maximum Gasteiger partial charge on any atom is 0.303 e. The fourth-order valence-electron chi connectivity index (χ4n) is 3.03. The Morgan fingerprint density at radius 3 is 2.53 bits per heavy atom. The van der Waals surface area contributed by atoms with E-state index in [2.05, 4.69) is 32.0 Å². The normalized spacial score (nSPS) is 23.5. The van der Waals surface area contributed by atoms with Gasteiger partial charge in [0, 0.05) is 0 Å². The van der Waals surface area contributed by atoms with Crippen LogP contribution < -0.4 is 0 Å². The van der Waals surface area contributed by atoms with E-state index in [1.807, 2.05) is 6.07 Å². The van der Waals surface area contributed by atoms with Gasteiger partial charge in [-0.2, -0.15) is 0 Å². The maximum atomic E-state index is 10.9. The zero-order chi connectivity index (χ0) is 12.4. The molecule has 2 rings (SSSR count). The molecule has 2 heteroatoms. The summed E-state index contributed by atoms with van der Waals surface area (Å²) in [7, 11) is 0. The second-order valence-electron chi connectivity index (χ2n) is 5.35. The lowest BCUT2D eigenvalue weighted by atomic mass is 9.72. The van der Waals surface area contributed by atoms with Crippen LogP contribution in [0.15, 0.2) is 24.3 Å². The Morgan fingerprint density at radius 2 is 1.94 bits per heavy atom. The first kappa shape index (κ1) is 12.2. The van der Waals surface area contributed by atoms with Gasteiger partial charge in [0.1, 0.15) is 0 Å². The van der Waals surface area contributed by atoms with Gasteiger partial charge in [-0.3, -0.25) is 4.79 Å². The fraction of sp³-hybridized carbons (Fsp3) is 0.533. The maximum absolute atomic E-state index is 10.9. The predicted molar refractivity (Wildman–Crippen MR) is 68.2 cm³/mol. The van der Waals surface area contributed by atoms with Crippen molar-refractivity contribution in [3.05, 3.63) is 35.4 Å². The number of rotatable bonds is 3. The highest BCUT2D eigenvalue weighted by Gasteiger charge is 2.29. The van der Waals surface area contributed by atoms with Crippen molar-refractivity contribution in [2.75, 3.05) is 0 Å². The van der Waals surface area contributed by atoms with Crippen LogP contribution >= 0.6 is 0 Å². The molecular weight excluding hydrogens is 212 g/mol. The first-order valence-corrected chi connectivity index (χ1v) is 6.40. The van der Waals surface area contributed by atoms with Crippen LogP contribution in [-0.4, -0.2) is 11.1 Å². The number of aliphatic carboxylic acids is 1. The number of benzene rings is 1. The van der Waals surface area contributed by atoms with E-state index in [4.69, 9.17) is 5.11 Å². The lowest BCUT2D eigenvalue weighted by Gasteiger charge is -2.33. The summed E-state index contributed by atoms with van der Waals surface area (Å²) in [5.41, 5.74) is 2.64. The van der Waals surface area contributed by atoms with E-state index in [1.54, 1.807) is 0 Å². The molecule has 1 N–H and O–H groups in total. The Labute approximate surface area is 103 Å². The van der Waals surface area contributed by atoms with E-state index >= 15 is 0 Å². The molecule has 0 amide bonds. The SMILES string of the molecule is CC(C)C1CCC(CC(=O)O)c2ccccc21. The van der Waals surface area contributed by atoms with E-state index in [0.717, 1.165) is 12.8 Å². The monoisotopic (exact) mass is 232 g/mol. The summed E-state index contributed by atoms with van der Waals surface area (Å²) < 4.78 is 0. The van der Waals surface area contributed by atoms with Gasteiger partial charge in [0.05, 0.1) is 6.42 Å². The summed E-state index contributed by atoms with van der Waals surface area (Å²) in [6.45, 7) is 4.50. The zero-order valence-corrected chi connectivity index (χ0v) is 10.5. The lowest BCUT2D eigenvalue weighted by molar-refractivity contribution is -0.137. The molecule has 1 aromatic carbocycles. The number of carboxylic acids is 1. The molecule has 0 aliphatic heterocycles. The van der Waals surface area contributed by atoms with Crippen LogP contribution in [0.2, 0.25) is 0 Å². The minimum Gasteiger partial charge on any atom is -0.481 e. The molecule has 1 aliphatic carbocycles. The molecule has 0 aromatic heterocycles. The minimum atomic E-state index is -0.687. The van der Waals surface area contributed by atoms with E-state index in [0.29, 0.717) is 11.8 Å². The Bertz CT molecular complexity index is 409. The number of carboxylic acid groups (broad SMARTS) is 1. The van der Waals surface area contributed by atoms with Crippen LogP contribution in [-0.2, 0) is 4.79 Å². The summed E-state index contributed by atoms with van der Waals surface area (Å²) in [6, 6.07) is 8.37. The average molecular weight is 232 g/mol. The Hall–Kier alpha value is -1.31. The molecule has 1 aromatic rings. The van der Waals surface area contributed by atoms with Crippen LogP contribution in [0.3, 0.4) is 0 Å². The molecule has 92 valence electrons. The molecule has 2 unspecified atom stereocenters. The van der Waals surface area contributed by atoms with Gasteiger partial charge in [0.25, 0.3) is 0 Å². The topological polar surface area (TPSA) is 37.3 Å². The van der Waals surface area contributed by atoms with Gasteiger partial charge in [0.2, 0.25) is 0 Å². The molecule has 0 radical (unpaired) electrons. The van der Waals surface area contributed by atoms with Crippen molar-refractivity contribution in [2.45, 2.75) is 44.9 Å². The van der Waals surface area contributed by atoms with Crippen LogP contribution in [0.1, 0.15) is 56.1 Å². The van der Waals surface area contributed by atoms with Crippen molar-refractivity contribution < 1.29 is 9.90 Å². The summed E-state index contributed by atoms with van der Waals surface area (Å²) in [5, 5.41) is 8.97. The molecule has 0 heterocycles. The molecule has 0 fully saturated rings. The van der Waals surface area contributed by atoms with E-state index in [9.17, 15) is 4.79 Å². The largest absolute Gasteiger partial charge is 0.481 e. The number of carbonyl (C=O) groups is 1. The molecule has 2 atom stereocenters. The highest BCUT2D eigenvalue weighted by atomic mass is 16.4. The smallest absolute Gasteiger partial charge is 0.303 e. The van der Waals surface area contributed by atoms with Crippen molar-refractivity contribution in [3.8, 4) is 0 Å². The number of hydrogen-bond donors (Lipinski definition) is 1. The summed E-state index contributed by atoms with van der Waals surface area (Å²) in [4.78, 5) is 10.9. The predicted octanol–water partition coefficient (Wildman–Crippen LogP) is 3.78. The number of hydrogen-bond acceptors (Lipinski definition) is 1. The van der Waals surface area contributed by atoms with Crippen LogP contribution in [0.4, 0.5) is 0 Å². The average Bonchev–Trinajstić information content (AvgIpc) is 2.28. The van der Waals surface area contributed by atoms with Crippen LogP contribution in [0.5, 0.6) is 0 Å². The van der Waals surface area contributed by atoms with E-state index in [-0.39, 0.29) is 12.3 Å². The molecule has 0 bridgehead atoms. The fourth-order valence-corrected chi connectivity index (χ4v) is 3.03. The standard InChI is InChI=1S/C15H20O2/c1-10(2)12-8-7-11(9-15(16)17)13-5-3-4-6-14(12)13/h3-6,10-12H,7-9H2,1-2H3,(H,16,17). The van der Waals surface area contributed by atoms with Gasteiger partial charge in [0.15, 0.2) is 0 Å². The summed E-state index contributed by atoms with van der Waals surface area (Å²) in [6.07, 6.45) is 2.39. The van der Waals surface area contributed by atoms with Crippen LogP contribution in [0.25, 0.3) is 0 Å². The van der Waals surface area contributed by atoms with E-state index in [1.165, 1.54) is 11.1 Å². The third-order valence-corrected chi connectivity index (χ3v) is 3.89. The summed E-state index contributed by atoms with van der Waals surface area (Å²) >= 11 is 0. The molecule has 2 nitrogen and oxygen atoms in total. The Balaban J connectivity index is 2.33. The molecule has 1 aliphatic rings. The van der Waals surface area contributed by atoms with Crippen LogP contribution in [0, 0.1) is 5.92 Å². The second-order valence-corrected chi connectivity index (χ2v) is 5.35. The van der Waals surface area contributed by atoms with Gasteiger partial charge in [-0.1, -0.05) is 38.1 Å². The van der Waals surface area contributed by atoms with E-state index < -0.39 is 5.97 Å². The third-order valence-electron chi connectivity index (χ3n) is 3.89. The summed E-state index contributed by atoms with van der Waals surface area (Å²) in [5.74, 6) is 0.740. The lowest BCUT2D eigenvalue weighted by Crippen LogP contribution is -2.19. The van der Waals surface area contributed by atoms with Gasteiger partial charge in [-0.15, -0.1) is 0 Å². The van der Waals surface area contributed by atoms with Gasteiger partial charge >= 0.3 is 5.97 Å². The highest BCUT2D eigenvalue weighted by molar-refractivity contribution is 5.68. The number of fused-ring (bicyclic) bond motifs is 1. The molecule has 0 saturated heterocycles. The minimum absolute atomic E-state index is 0.207. The second kappa shape index (κ2) is 4.91. The molecule has 0 spiro atoms. The Kier molecular flexibility index (Phi) is 3.51.